The Morgan fingerprint density at radius 1 is 1.15 bits per heavy atom. The van der Waals surface area contributed by atoms with Crippen molar-refractivity contribution >= 4 is 23.6 Å². The van der Waals surface area contributed by atoms with Crippen LogP contribution in [0.15, 0.2) is 24.3 Å². The quantitative estimate of drug-likeness (QED) is 0.774. The number of hydrogen-bond donors (Lipinski definition) is 1. The van der Waals surface area contributed by atoms with E-state index in [0.29, 0.717) is 5.56 Å². The van der Waals surface area contributed by atoms with E-state index in [9.17, 15) is 19.5 Å². The van der Waals surface area contributed by atoms with Crippen LogP contribution in [0.3, 0.4) is 0 Å². The predicted molar refractivity (Wildman–Crippen MR) is 93.6 cm³/mol. The Balaban J connectivity index is 2.52. The summed E-state index contributed by atoms with van der Waals surface area (Å²) in [6, 6.07) is 1.54. The SMILES string of the molecule is COc1cc(/C=C/C(C)(O)COC(C)=O)c(OC)c2c1C(=O)C=CC2=O. The van der Waals surface area contributed by atoms with E-state index in [1.807, 2.05) is 0 Å². The standard InChI is InChI=1S/C19H20O7/c1-11(20)26-10-19(2,23)8-7-12-9-15(24-3)16-13(21)5-6-14(22)17(16)18(12)25-4/h5-9,23H,10H2,1-4H3/b8-7+. The molecule has 1 aliphatic carbocycles. The van der Waals surface area contributed by atoms with Gasteiger partial charge in [0.2, 0.25) is 0 Å². The van der Waals surface area contributed by atoms with Gasteiger partial charge in [-0.15, -0.1) is 0 Å². The van der Waals surface area contributed by atoms with Crippen LogP contribution in [0.1, 0.15) is 40.1 Å². The average Bonchev–Trinajstić information content (AvgIpc) is 2.60. The zero-order valence-electron chi connectivity index (χ0n) is 15.0. The molecule has 0 spiro atoms. The van der Waals surface area contributed by atoms with Crippen LogP contribution in [0.4, 0.5) is 0 Å². The van der Waals surface area contributed by atoms with E-state index in [1.165, 1.54) is 52.4 Å². The van der Waals surface area contributed by atoms with Gasteiger partial charge in [-0.2, -0.15) is 0 Å². The lowest BCUT2D eigenvalue weighted by Gasteiger charge is -2.20. The molecule has 0 heterocycles. The number of methoxy groups -OCH3 is 2. The molecule has 0 amide bonds. The molecule has 0 saturated heterocycles. The molecule has 0 aromatic heterocycles. The number of ketones is 2. The average molecular weight is 360 g/mol. The summed E-state index contributed by atoms with van der Waals surface area (Å²) in [6.45, 7) is 2.47. The van der Waals surface area contributed by atoms with Crippen LogP contribution >= 0.6 is 0 Å². The molecule has 0 saturated carbocycles. The molecule has 1 aromatic carbocycles. The Morgan fingerprint density at radius 2 is 1.77 bits per heavy atom. The maximum Gasteiger partial charge on any atom is 0.302 e. The van der Waals surface area contributed by atoms with E-state index in [-0.39, 0.29) is 40.8 Å². The summed E-state index contributed by atoms with van der Waals surface area (Å²) in [6.07, 6.45) is 5.29. The maximum atomic E-state index is 12.3. The van der Waals surface area contributed by atoms with Gasteiger partial charge in [0.1, 0.15) is 23.7 Å². The first-order valence-electron chi connectivity index (χ1n) is 7.81. The number of hydrogen-bond acceptors (Lipinski definition) is 7. The van der Waals surface area contributed by atoms with Crippen molar-refractivity contribution in [3.63, 3.8) is 0 Å². The van der Waals surface area contributed by atoms with Crippen LogP contribution in [-0.2, 0) is 9.53 Å². The van der Waals surface area contributed by atoms with Crippen LogP contribution in [0.2, 0.25) is 0 Å². The molecule has 0 fully saturated rings. The highest BCUT2D eigenvalue weighted by Crippen LogP contribution is 2.38. The number of esters is 1. The number of carbonyl (C=O) groups excluding carboxylic acids is 3. The van der Waals surface area contributed by atoms with Gasteiger partial charge in [-0.3, -0.25) is 14.4 Å². The van der Waals surface area contributed by atoms with E-state index in [0.717, 1.165) is 0 Å². The molecule has 1 atom stereocenters. The first-order valence-corrected chi connectivity index (χ1v) is 7.81. The van der Waals surface area contributed by atoms with Gasteiger partial charge in [0.05, 0.1) is 25.3 Å². The van der Waals surface area contributed by atoms with Gasteiger partial charge in [-0.25, -0.2) is 0 Å². The molecule has 7 nitrogen and oxygen atoms in total. The minimum atomic E-state index is -1.43. The molecule has 0 bridgehead atoms. The van der Waals surface area contributed by atoms with Crippen molar-refractivity contribution < 1.29 is 33.7 Å². The molecule has 1 aromatic rings. The van der Waals surface area contributed by atoms with E-state index in [1.54, 1.807) is 6.07 Å². The van der Waals surface area contributed by atoms with E-state index in [4.69, 9.17) is 14.2 Å². The zero-order valence-corrected chi connectivity index (χ0v) is 15.0. The highest BCUT2D eigenvalue weighted by Gasteiger charge is 2.29. The highest BCUT2D eigenvalue weighted by molar-refractivity contribution is 6.24. The molecule has 2 rings (SSSR count). The van der Waals surface area contributed by atoms with Gasteiger partial charge in [0.25, 0.3) is 0 Å². The molecule has 1 aliphatic rings. The van der Waals surface area contributed by atoms with Crippen molar-refractivity contribution in [1.82, 2.24) is 0 Å². The van der Waals surface area contributed by atoms with Crippen LogP contribution in [0, 0.1) is 0 Å². The second-order valence-electron chi connectivity index (χ2n) is 5.98. The summed E-state index contributed by atoms with van der Waals surface area (Å²) in [5.74, 6) is -0.822. The smallest absolute Gasteiger partial charge is 0.302 e. The Hall–Kier alpha value is -2.93. The lowest BCUT2D eigenvalue weighted by molar-refractivity contribution is -0.145. The highest BCUT2D eigenvalue weighted by atomic mass is 16.5. The summed E-state index contributed by atoms with van der Waals surface area (Å²) in [7, 11) is 2.77. The predicted octanol–water partition coefficient (Wildman–Crippen LogP) is 1.97. The van der Waals surface area contributed by atoms with Crippen LogP contribution in [0.25, 0.3) is 6.08 Å². The van der Waals surface area contributed by atoms with Crippen LogP contribution in [-0.4, -0.2) is 49.1 Å². The fourth-order valence-electron chi connectivity index (χ4n) is 2.53. The van der Waals surface area contributed by atoms with Crippen LogP contribution in [0.5, 0.6) is 11.5 Å². The van der Waals surface area contributed by atoms with Gasteiger partial charge < -0.3 is 19.3 Å². The molecular weight excluding hydrogens is 340 g/mol. The van der Waals surface area contributed by atoms with Crippen molar-refractivity contribution in [2.75, 3.05) is 20.8 Å². The molecule has 1 N–H and O–H groups in total. The Kier molecular flexibility index (Phi) is 5.62. The summed E-state index contributed by atoms with van der Waals surface area (Å²) in [5.41, 5.74) is -0.749. The third-order valence-corrected chi connectivity index (χ3v) is 3.76. The third-order valence-electron chi connectivity index (χ3n) is 3.76. The maximum absolute atomic E-state index is 12.3. The number of fused-ring (bicyclic) bond motifs is 1. The number of carbonyl (C=O) groups is 3. The molecule has 7 heteroatoms. The summed E-state index contributed by atoms with van der Waals surface area (Å²) < 4.78 is 15.4. The van der Waals surface area contributed by atoms with Crippen LogP contribution < -0.4 is 9.47 Å². The first kappa shape index (κ1) is 19.4. The van der Waals surface area contributed by atoms with Gasteiger partial charge >= 0.3 is 5.97 Å². The van der Waals surface area contributed by atoms with Crippen molar-refractivity contribution in [1.29, 1.82) is 0 Å². The second-order valence-corrected chi connectivity index (χ2v) is 5.98. The van der Waals surface area contributed by atoms with Gasteiger partial charge in [0.15, 0.2) is 11.6 Å². The number of benzene rings is 1. The normalized spacial score (nSPS) is 15.6. The van der Waals surface area contributed by atoms with Crippen molar-refractivity contribution in [3.8, 4) is 11.5 Å². The number of allylic oxidation sites excluding steroid dienone is 2. The van der Waals surface area contributed by atoms with E-state index < -0.39 is 11.6 Å². The summed E-state index contributed by atoms with van der Waals surface area (Å²) in [5, 5.41) is 10.3. The van der Waals surface area contributed by atoms with Crippen molar-refractivity contribution in [2.45, 2.75) is 19.4 Å². The number of ether oxygens (including phenoxy) is 3. The molecule has 0 radical (unpaired) electrons. The zero-order chi connectivity index (χ0) is 19.5. The number of aliphatic hydroxyl groups is 1. The molecule has 26 heavy (non-hydrogen) atoms. The van der Waals surface area contributed by atoms with E-state index in [2.05, 4.69) is 0 Å². The first-order chi connectivity index (χ1) is 12.2. The minimum absolute atomic E-state index is 0.110. The Morgan fingerprint density at radius 3 is 2.31 bits per heavy atom. The number of rotatable bonds is 6. The Bertz CT molecular complexity index is 816. The Labute approximate surface area is 150 Å². The molecular formula is C19H20O7. The van der Waals surface area contributed by atoms with Gasteiger partial charge in [-0.1, -0.05) is 6.08 Å². The third kappa shape index (κ3) is 4.00. The van der Waals surface area contributed by atoms with Gasteiger partial charge in [-0.05, 0) is 31.2 Å². The minimum Gasteiger partial charge on any atom is -0.496 e. The van der Waals surface area contributed by atoms with Crippen molar-refractivity contribution in [3.05, 3.63) is 41.0 Å². The molecule has 1 unspecified atom stereocenters. The fourth-order valence-corrected chi connectivity index (χ4v) is 2.53. The van der Waals surface area contributed by atoms with E-state index >= 15 is 0 Å². The lowest BCUT2D eigenvalue weighted by atomic mass is 9.90. The second kappa shape index (κ2) is 7.53. The fraction of sp³-hybridized carbons (Fsp3) is 0.316. The molecule has 138 valence electrons. The molecule has 0 aliphatic heterocycles. The van der Waals surface area contributed by atoms with Crippen molar-refractivity contribution in [2.24, 2.45) is 0 Å². The van der Waals surface area contributed by atoms with Gasteiger partial charge in [0, 0.05) is 12.5 Å². The topological polar surface area (TPSA) is 99.1 Å². The summed E-state index contributed by atoms with van der Waals surface area (Å²) in [4.78, 5) is 35.4. The largest absolute Gasteiger partial charge is 0.496 e. The summed E-state index contributed by atoms with van der Waals surface area (Å²) >= 11 is 0. The monoisotopic (exact) mass is 360 g/mol. The lowest BCUT2D eigenvalue weighted by Crippen LogP contribution is -2.28.